The number of nitrogens with one attached hydrogen (secondary N) is 2. The lowest BCUT2D eigenvalue weighted by molar-refractivity contribution is -0.0705. The highest BCUT2D eigenvalue weighted by Crippen LogP contribution is 2.32. The zero-order valence-corrected chi connectivity index (χ0v) is 22.0. The molecule has 7 nitrogen and oxygen atoms in total. The highest BCUT2D eigenvalue weighted by atomic mass is 127. The monoisotopic (exact) mass is 566 g/mol. The summed E-state index contributed by atoms with van der Waals surface area (Å²) in [5.41, 5.74) is 3.50. The highest BCUT2D eigenvalue weighted by molar-refractivity contribution is 14.0. The average Bonchev–Trinajstić information content (AvgIpc) is 3.02. The number of halogens is 1. The van der Waals surface area contributed by atoms with Crippen LogP contribution in [0.25, 0.3) is 0 Å². The van der Waals surface area contributed by atoms with E-state index in [1.165, 1.54) is 11.1 Å². The van der Waals surface area contributed by atoms with Crippen molar-refractivity contribution in [1.82, 2.24) is 10.2 Å². The van der Waals surface area contributed by atoms with Gasteiger partial charge in [0.1, 0.15) is 0 Å². The van der Waals surface area contributed by atoms with Gasteiger partial charge >= 0.3 is 0 Å². The summed E-state index contributed by atoms with van der Waals surface area (Å²) in [5, 5.41) is 6.80. The zero-order valence-electron chi connectivity index (χ0n) is 19.7. The molecule has 0 aliphatic carbocycles. The van der Waals surface area contributed by atoms with Crippen LogP contribution in [0, 0.1) is 0 Å². The van der Waals surface area contributed by atoms with E-state index in [0.29, 0.717) is 25.7 Å². The molecule has 0 amide bonds. The minimum absolute atomic E-state index is 0. The first-order valence-corrected chi connectivity index (χ1v) is 11.4. The van der Waals surface area contributed by atoms with Gasteiger partial charge in [0.2, 0.25) is 0 Å². The number of aliphatic imine (C=N–C) groups is 1. The lowest BCUT2D eigenvalue weighted by Crippen LogP contribution is -2.45. The van der Waals surface area contributed by atoms with Crippen LogP contribution in [-0.4, -0.2) is 56.4 Å². The topological polar surface area (TPSA) is 67.4 Å². The standard InChI is InChI=1S/C25H34N4O3.HI/c1-18-15-29(16-19(2)32-18)17-21-8-5-4-7-20(21)14-27-25(26-3)28-22-9-10-23-24(13-22)31-12-6-11-30-23;/h4-5,7-10,13,18-19H,6,11-12,14-17H2,1-3H3,(H2,26,27,28);1H. The number of benzene rings is 2. The first-order valence-electron chi connectivity index (χ1n) is 11.4. The van der Waals surface area contributed by atoms with Gasteiger partial charge in [-0.05, 0) is 37.1 Å². The average molecular weight is 566 g/mol. The fraction of sp³-hybridized carbons (Fsp3) is 0.480. The number of hydrogen-bond donors (Lipinski definition) is 2. The predicted molar refractivity (Wildman–Crippen MR) is 143 cm³/mol. The van der Waals surface area contributed by atoms with Crippen LogP contribution < -0.4 is 20.1 Å². The molecule has 2 aliphatic heterocycles. The van der Waals surface area contributed by atoms with Crippen LogP contribution in [0.15, 0.2) is 47.5 Å². The van der Waals surface area contributed by atoms with E-state index in [1.807, 2.05) is 18.2 Å². The van der Waals surface area contributed by atoms with Gasteiger partial charge in [0, 0.05) is 51.4 Å². The van der Waals surface area contributed by atoms with Crippen LogP contribution in [0.3, 0.4) is 0 Å². The molecule has 1 fully saturated rings. The van der Waals surface area contributed by atoms with Gasteiger partial charge in [0.15, 0.2) is 17.5 Å². The van der Waals surface area contributed by atoms with Crippen LogP contribution >= 0.6 is 24.0 Å². The summed E-state index contributed by atoms with van der Waals surface area (Å²) in [7, 11) is 1.78. The van der Waals surface area contributed by atoms with Crippen molar-refractivity contribution < 1.29 is 14.2 Å². The molecule has 4 rings (SSSR count). The Hall–Kier alpha value is -2.04. The zero-order chi connectivity index (χ0) is 22.3. The van der Waals surface area contributed by atoms with E-state index < -0.39 is 0 Å². The molecule has 2 atom stereocenters. The number of guanidine groups is 1. The summed E-state index contributed by atoms with van der Waals surface area (Å²) >= 11 is 0. The molecule has 8 heteroatoms. The van der Waals surface area contributed by atoms with Gasteiger partial charge in [0.25, 0.3) is 0 Å². The smallest absolute Gasteiger partial charge is 0.195 e. The number of ether oxygens (including phenoxy) is 3. The summed E-state index contributed by atoms with van der Waals surface area (Å²) in [6, 6.07) is 14.5. The van der Waals surface area contributed by atoms with Gasteiger partial charge in [-0.1, -0.05) is 24.3 Å². The third-order valence-electron chi connectivity index (χ3n) is 5.69. The molecular weight excluding hydrogens is 531 g/mol. The van der Waals surface area contributed by atoms with Crippen molar-refractivity contribution in [3.05, 3.63) is 53.6 Å². The summed E-state index contributed by atoms with van der Waals surface area (Å²) in [6.07, 6.45) is 1.42. The van der Waals surface area contributed by atoms with Crippen LogP contribution in [-0.2, 0) is 17.8 Å². The molecule has 2 unspecified atom stereocenters. The Morgan fingerprint density at radius 2 is 1.70 bits per heavy atom. The largest absolute Gasteiger partial charge is 0.490 e. The molecule has 1 saturated heterocycles. The van der Waals surface area contributed by atoms with E-state index >= 15 is 0 Å². The summed E-state index contributed by atoms with van der Waals surface area (Å²) in [4.78, 5) is 6.86. The Kier molecular flexibility index (Phi) is 9.64. The first kappa shape index (κ1) is 25.6. The van der Waals surface area contributed by atoms with Crippen LogP contribution in [0.4, 0.5) is 5.69 Å². The molecule has 2 aromatic rings. The molecule has 33 heavy (non-hydrogen) atoms. The second-order valence-corrected chi connectivity index (χ2v) is 8.48. The molecule has 2 aromatic carbocycles. The molecule has 2 aliphatic rings. The van der Waals surface area contributed by atoms with Crippen molar-refractivity contribution in [2.24, 2.45) is 4.99 Å². The van der Waals surface area contributed by atoms with E-state index in [2.05, 4.69) is 58.6 Å². The quantitative estimate of drug-likeness (QED) is 0.321. The molecule has 2 N–H and O–H groups in total. The van der Waals surface area contributed by atoms with Crippen molar-refractivity contribution in [3.63, 3.8) is 0 Å². The fourth-order valence-electron chi connectivity index (χ4n) is 4.27. The number of rotatable bonds is 5. The maximum absolute atomic E-state index is 5.88. The maximum atomic E-state index is 5.88. The number of nitrogens with zero attached hydrogens (tertiary/aromatic N) is 2. The van der Waals surface area contributed by atoms with Crippen molar-refractivity contribution in [1.29, 1.82) is 0 Å². The van der Waals surface area contributed by atoms with Crippen molar-refractivity contribution >= 4 is 35.6 Å². The third kappa shape index (κ3) is 7.22. The summed E-state index contributed by atoms with van der Waals surface area (Å²) in [6.45, 7) is 9.17. The molecule has 0 bridgehead atoms. The summed E-state index contributed by atoms with van der Waals surface area (Å²) in [5.74, 6) is 2.27. The maximum Gasteiger partial charge on any atom is 0.195 e. The lowest BCUT2D eigenvalue weighted by Gasteiger charge is -2.35. The molecule has 0 saturated carbocycles. The highest BCUT2D eigenvalue weighted by Gasteiger charge is 2.22. The van der Waals surface area contributed by atoms with Gasteiger partial charge in [-0.2, -0.15) is 0 Å². The second-order valence-electron chi connectivity index (χ2n) is 8.48. The lowest BCUT2D eigenvalue weighted by atomic mass is 10.1. The Bertz CT molecular complexity index is 930. The SMILES string of the molecule is CN=C(NCc1ccccc1CN1CC(C)OC(C)C1)Nc1ccc2c(c1)OCCCO2.I. The van der Waals surface area contributed by atoms with Crippen LogP contribution in [0.5, 0.6) is 11.5 Å². The molecular formula is C25H35IN4O3. The van der Waals surface area contributed by atoms with Gasteiger partial charge in [-0.25, -0.2) is 0 Å². The van der Waals surface area contributed by atoms with Gasteiger partial charge in [-0.3, -0.25) is 9.89 Å². The van der Waals surface area contributed by atoms with Crippen molar-refractivity contribution in [3.8, 4) is 11.5 Å². The molecule has 0 aromatic heterocycles. The normalized spacial score (nSPS) is 21.0. The first-order chi connectivity index (χ1) is 15.6. The Labute approximate surface area is 213 Å². The van der Waals surface area contributed by atoms with E-state index in [9.17, 15) is 0 Å². The van der Waals surface area contributed by atoms with Crippen molar-refractivity contribution in [2.45, 2.75) is 45.6 Å². The second kappa shape index (κ2) is 12.4. The van der Waals surface area contributed by atoms with Gasteiger partial charge in [0.05, 0.1) is 25.4 Å². The van der Waals surface area contributed by atoms with Crippen LogP contribution in [0.2, 0.25) is 0 Å². The predicted octanol–water partition coefficient (Wildman–Crippen LogP) is 4.26. The van der Waals surface area contributed by atoms with E-state index in [-0.39, 0.29) is 36.2 Å². The number of fused-ring (bicyclic) bond motifs is 1. The molecule has 0 radical (unpaired) electrons. The number of morpholine rings is 1. The molecule has 0 spiro atoms. The Morgan fingerprint density at radius 3 is 2.42 bits per heavy atom. The van der Waals surface area contributed by atoms with Crippen LogP contribution in [0.1, 0.15) is 31.4 Å². The summed E-state index contributed by atoms with van der Waals surface area (Å²) < 4.78 is 17.4. The van der Waals surface area contributed by atoms with E-state index in [4.69, 9.17) is 14.2 Å². The van der Waals surface area contributed by atoms with E-state index in [0.717, 1.165) is 43.2 Å². The number of anilines is 1. The van der Waals surface area contributed by atoms with Gasteiger partial charge < -0.3 is 24.8 Å². The minimum atomic E-state index is 0. The van der Waals surface area contributed by atoms with Gasteiger partial charge in [-0.15, -0.1) is 24.0 Å². The minimum Gasteiger partial charge on any atom is -0.490 e. The van der Waals surface area contributed by atoms with E-state index in [1.54, 1.807) is 7.05 Å². The fourth-order valence-corrected chi connectivity index (χ4v) is 4.27. The third-order valence-corrected chi connectivity index (χ3v) is 5.69. The Balaban J connectivity index is 0.00000306. The Morgan fingerprint density at radius 1 is 1.00 bits per heavy atom. The molecule has 180 valence electrons. The van der Waals surface area contributed by atoms with Crippen molar-refractivity contribution in [2.75, 3.05) is 38.7 Å². The number of hydrogen-bond acceptors (Lipinski definition) is 5. The molecule has 2 heterocycles.